The standard InChI is InChI=1S/C14H13N2O4P/c15-13(17)11-8-4-5-9-12(11)21(19,20-14(16)18)10-6-2-1-3-7-10/h1-9H,(H2,15,17)(H2,16,18). The molecular formula is C14H13N2O4P. The molecule has 0 fully saturated rings. The van der Waals surface area contributed by atoms with E-state index in [9.17, 15) is 14.2 Å². The lowest BCUT2D eigenvalue weighted by Crippen LogP contribution is -2.29. The normalized spacial score (nSPS) is 13.1. The second-order valence-corrected chi connectivity index (χ2v) is 6.46. The summed E-state index contributed by atoms with van der Waals surface area (Å²) in [6, 6.07) is 14.0. The van der Waals surface area contributed by atoms with E-state index in [2.05, 4.69) is 0 Å². The first kappa shape index (κ1) is 14.8. The molecule has 0 aliphatic rings. The first-order valence-corrected chi connectivity index (χ1v) is 7.61. The van der Waals surface area contributed by atoms with Gasteiger partial charge in [-0.15, -0.1) is 0 Å². The third kappa shape index (κ3) is 2.95. The van der Waals surface area contributed by atoms with Crippen LogP contribution in [0.15, 0.2) is 54.6 Å². The van der Waals surface area contributed by atoms with Gasteiger partial charge in [-0.05, 0) is 24.3 Å². The highest BCUT2D eigenvalue weighted by molar-refractivity contribution is 7.74. The maximum Gasteiger partial charge on any atom is 0.410 e. The zero-order valence-corrected chi connectivity index (χ0v) is 11.8. The monoisotopic (exact) mass is 304 g/mol. The molecule has 2 amide bonds. The van der Waals surface area contributed by atoms with Crippen molar-refractivity contribution in [3.8, 4) is 0 Å². The van der Waals surface area contributed by atoms with Gasteiger partial charge >= 0.3 is 13.5 Å². The maximum atomic E-state index is 13.2. The fourth-order valence-electron chi connectivity index (χ4n) is 1.93. The number of benzene rings is 2. The minimum absolute atomic E-state index is 0.0194. The summed E-state index contributed by atoms with van der Waals surface area (Å²) in [4.78, 5) is 22.7. The Hall–Kier alpha value is -2.59. The zero-order chi connectivity index (χ0) is 15.5. The van der Waals surface area contributed by atoms with Gasteiger partial charge in [0.25, 0.3) is 0 Å². The zero-order valence-electron chi connectivity index (χ0n) is 10.9. The SMILES string of the molecule is NC(=O)OP(=O)(c1ccccc1)c1ccccc1C(N)=O. The van der Waals surface area contributed by atoms with E-state index >= 15 is 0 Å². The first-order chi connectivity index (χ1) is 9.95. The maximum absolute atomic E-state index is 13.2. The molecule has 1 atom stereocenters. The Morgan fingerprint density at radius 2 is 1.48 bits per heavy atom. The van der Waals surface area contributed by atoms with Gasteiger partial charge in [-0.1, -0.05) is 30.3 Å². The molecule has 0 aromatic heterocycles. The van der Waals surface area contributed by atoms with E-state index in [1.165, 1.54) is 24.3 Å². The Bertz CT molecular complexity index is 731. The Kier molecular flexibility index (Phi) is 4.10. The molecule has 2 aromatic carbocycles. The van der Waals surface area contributed by atoms with Crippen LogP contribution in [0.1, 0.15) is 10.4 Å². The molecule has 0 heterocycles. The average Bonchev–Trinajstić information content (AvgIpc) is 2.47. The van der Waals surface area contributed by atoms with Crippen molar-refractivity contribution in [3.63, 3.8) is 0 Å². The minimum Gasteiger partial charge on any atom is -0.388 e. The molecule has 108 valence electrons. The number of hydrogen-bond acceptors (Lipinski definition) is 4. The van der Waals surface area contributed by atoms with Crippen molar-refractivity contribution in [1.82, 2.24) is 0 Å². The summed E-state index contributed by atoms with van der Waals surface area (Å²) in [7, 11) is -3.85. The molecule has 0 aliphatic carbocycles. The Labute approximate surface area is 121 Å². The number of nitrogens with two attached hydrogens (primary N) is 2. The molecule has 2 aromatic rings. The molecule has 0 saturated heterocycles. The van der Waals surface area contributed by atoms with Gasteiger partial charge in [0.1, 0.15) is 0 Å². The molecule has 7 heteroatoms. The van der Waals surface area contributed by atoms with E-state index < -0.39 is 19.4 Å². The number of hydrogen-bond donors (Lipinski definition) is 2. The van der Waals surface area contributed by atoms with E-state index in [4.69, 9.17) is 16.0 Å². The summed E-state index contributed by atoms with van der Waals surface area (Å²) >= 11 is 0. The second-order valence-electron chi connectivity index (χ2n) is 4.18. The van der Waals surface area contributed by atoms with Crippen molar-refractivity contribution in [2.45, 2.75) is 0 Å². The number of carbonyl (C=O) groups is 2. The van der Waals surface area contributed by atoms with Crippen molar-refractivity contribution < 1.29 is 18.7 Å². The summed E-state index contributed by atoms with van der Waals surface area (Å²) in [5, 5.41) is 0.292. The van der Waals surface area contributed by atoms with Gasteiger partial charge < -0.3 is 16.0 Å². The quantitative estimate of drug-likeness (QED) is 0.824. The number of amides is 2. The molecule has 0 spiro atoms. The van der Waals surface area contributed by atoms with Crippen LogP contribution in [0.2, 0.25) is 0 Å². The molecule has 1 unspecified atom stereocenters. The molecule has 0 aliphatic heterocycles. The van der Waals surface area contributed by atoms with Gasteiger partial charge in [0.15, 0.2) is 0 Å². The molecule has 4 N–H and O–H groups in total. The first-order valence-electron chi connectivity index (χ1n) is 5.99. The smallest absolute Gasteiger partial charge is 0.388 e. The summed E-state index contributed by atoms with van der Waals surface area (Å²) < 4.78 is 18.1. The molecule has 2 rings (SSSR count). The molecule has 21 heavy (non-hydrogen) atoms. The number of primary amides is 2. The van der Waals surface area contributed by atoms with E-state index in [-0.39, 0.29) is 16.2 Å². The molecular weight excluding hydrogens is 291 g/mol. The highest BCUT2D eigenvalue weighted by Crippen LogP contribution is 2.45. The van der Waals surface area contributed by atoms with Gasteiger partial charge in [-0.25, -0.2) is 4.79 Å². The van der Waals surface area contributed by atoms with Gasteiger partial charge in [0.2, 0.25) is 5.91 Å². The van der Waals surface area contributed by atoms with E-state index in [0.29, 0.717) is 0 Å². The lowest BCUT2D eigenvalue weighted by Gasteiger charge is -2.19. The third-order valence-corrected chi connectivity index (χ3v) is 5.24. The van der Waals surface area contributed by atoms with E-state index in [0.717, 1.165) is 0 Å². The van der Waals surface area contributed by atoms with Gasteiger partial charge in [-0.2, -0.15) is 0 Å². The molecule has 6 nitrogen and oxygen atoms in total. The third-order valence-electron chi connectivity index (χ3n) is 2.80. The van der Waals surface area contributed by atoms with Crippen LogP contribution in [-0.4, -0.2) is 12.0 Å². The molecule has 0 saturated carbocycles. The lowest BCUT2D eigenvalue weighted by atomic mass is 10.2. The predicted octanol–water partition coefficient (Wildman–Crippen LogP) is 1.11. The highest BCUT2D eigenvalue weighted by atomic mass is 31.2. The summed E-state index contributed by atoms with van der Waals surface area (Å²) in [5.74, 6) is -0.769. The fourth-order valence-corrected chi connectivity index (χ4v) is 4.01. The average molecular weight is 304 g/mol. The van der Waals surface area contributed by atoms with Crippen LogP contribution in [0.25, 0.3) is 0 Å². The number of rotatable bonds is 4. The van der Waals surface area contributed by atoms with E-state index in [1.807, 2.05) is 0 Å². The van der Waals surface area contributed by atoms with Crippen LogP contribution in [0.3, 0.4) is 0 Å². The Morgan fingerprint density at radius 1 is 0.905 bits per heavy atom. The van der Waals surface area contributed by atoms with Crippen molar-refractivity contribution in [3.05, 3.63) is 60.2 Å². The van der Waals surface area contributed by atoms with E-state index in [1.54, 1.807) is 30.3 Å². The predicted molar refractivity (Wildman–Crippen MR) is 78.9 cm³/mol. The van der Waals surface area contributed by atoms with Gasteiger partial charge in [0.05, 0.1) is 16.2 Å². The van der Waals surface area contributed by atoms with Crippen molar-refractivity contribution in [2.75, 3.05) is 0 Å². The topological polar surface area (TPSA) is 112 Å². The van der Waals surface area contributed by atoms with Crippen LogP contribution in [0.5, 0.6) is 0 Å². The van der Waals surface area contributed by atoms with Crippen LogP contribution >= 0.6 is 7.37 Å². The number of carbonyl (C=O) groups excluding carboxylic acids is 2. The Morgan fingerprint density at radius 3 is 2.05 bits per heavy atom. The minimum atomic E-state index is -3.85. The van der Waals surface area contributed by atoms with Gasteiger partial charge in [-0.3, -0.25) is 9.36 Å². The van der Waals surface area contributed by atoms with Crippen LogP contribution in [0, 0.1) is 0 Å². The Balaban J connectivity index is 2.70. The van der Waals surface area contributed by atoms with Crippen molar-refractivity contribution in [2.24, 2.45) is 11.5 Å². The second kappa shape index (κ2) is 5.81. The van der Waals surface area contributed by atoms with Crippen LogP contribution in [0.4, 0.5) is 4.79 Å². The summed E-state index contributed by atoms with van der Waals surface area (Å²) in [5.41, 5.74) is 10.3. The highest BCUT2D eigenvalue weighted by Gasteiger charge is 2.34. The van der Waals surface area contributed by atoms with Crippen molar-refractivity contribution in [1.29, 1.82) is 0 Å². The van der Waals surface area contributed by atoms with Crippen molar-refractivity contribution >= 4 is 30.0 Å². The van der Waals surface area contributed by atoms with Gasteiger partial charge in [0, 0.05) is 0 Å². The largest absolute Gasteiger partial charge is 0.410 e. The van der Waals surface area contributed by atoms with Crippen LogP contribution < -0.4 is 22.1 Å². The van der Waals surface area contributed by atoms with Crippen LogP contribution in [-0.2, 0) is 9.09 Å². The summed E-state index contributed by atoms with van der Waals surface area (Å²) in [6.45, 7) is 0. The molecule has 0 radical (unpaired) electrons. The lowest BCUT2D eigenvalue weighted by molar-refractivity contribution is 0.100. The molecule has 0 bridgehead atoms. The fraction of sp³-hybridized carbons (Fsp3) is 0. The summed E-state index contributed by atoms with van der Waals surface area (Å²) in [6.07, 6.45) is -1.19.